The minimum Gasteiger partial charge on any atom is -0.746 e. The van der Waals surface area contributed by atoms with Gasteiger partial charge in [-0.3, -0.25) is 4.57 Å². The first-order chi connectivity index (χ1) is 13.8. The van der Waals surface area contributed by atoms with E-state index < -0.39 is 19.4 Å². The second-order valence-corrected chi connectivity index (χ2v) is 7.74. The van der Waals surface area contributed by atoms with E-state index in [1.165, 1.54) is 30.3 Å². The summed E-state index contributed by atoms with van der Waals surface area (Å²) < 4.78 is 27.4. The molecule has 6 N–H and O–H groups in total. The van der Waals surface area contributed by atoms with Gasteiger partial charge in [-0.05, 0) is 30.3 Å². The number of phosphoric ester groups is 1. The Hall–Kier alpha value is -3.36. The van der Waals surface area contributed by atoms with E-state index >= 15 is 0 Å². The number of benzene rings is 3. The van der Waals surface area contributed by atoms with Crippen molar-refractivity contribution in [3.63, 3.8) is 0 Å². The maximum absolute atomic E-state index is 12.6. The first-order valence-corrected chi connectivity index (χ1v) is 9.99. The zero-order valence-electron chi connectivity index (χ0n) is 15.6. The Morgan fingerprint density at radius 2 is 1.63 bits per heavy atom. The zero-order valence-corrected chi connectivity index (χ0v) is 16.5. The molecule has 0 bridgehead atoms. The van der Waals surface area contributed by atoms with Crippen LogP contribution in [0.5, 0.6) is 23.0 Å². The Bertz CT molecular complexity index is 1240. The molecule has 0 aliphatic carbocycles. The van der Waals surface area contributed by atoms with E-state index in [0.717, 1.165) is 0 Å². The first kappa shape index (κ1) is 19.9. The monoisotopic (exact) mass is 429 g/mol. The Kier molecular flexibility index (Phi) is 4.37. The van der Waals surface area contributed by atoms with Gasteiger partial charge in [0.05, 0.1) is 5.56 Å². The number of quaternary nitrogens is 1. The number of phenolic OH excluding ortho intramolecular Hbond substituents is 1. The van der Waals surface area contributed by atoms with E-state index in [4.69, 9.17) is 14.4 Å². The summed E-state index contributed by atoms with van der Waals surface area (Å²) in [7, 11) is -5.03. The molecule has 2 aliphatic rings. The number of fused-ring (bicyclic) bond motifs is 6. The Balaban J connectivity index is 0.00000218. The van der Waals surface area contributed by atoms with E-state index in [1.54, 1.807) is 30.3 Å². The molecule has 2 aliphatic heterocycles. The number of carbonyl (C=O) groups excluding carboxylic acids is 1. The summed E-state index contributed by atoms with van der Waals surface area (Å²) in [4.78, 5) is 32.7. The van der Waals surface area contributed by atoms with Crippen molar-refractivity contribution in [2.75, 3.05) is 0 Å². The molecular weight excluding hydrogens is 413 g/mol. The minimum absolute atomic E-state index is 0. The third-order valence-corrected chi connectivity index (χ3v) is 5.33. The Morgan fingerprint density at radius 1 is 0.967 bits per heavy atom. The number of carbonyl (C=O) groups is 1. The molecule has 0 amide bonds. The number of aromatic hydroxyl groups is 1. The molecule has 0 fully saturated rings. The number of phenols is 1. The van der Waals surface area contributed by atoms with Crippen molar-refractivity contribution in [1.29, 1.82) is 0 Å². The number of ether oxygens (including phenoxy) is 2. The van der Waals surface area contributed by atoms with Gasteiger partial charge in [-0.2, -0.15) is 0 Å². The molecule has 30 heavy (non-hydrogen) atoms. The molecule has 10 heteroatoms. The molecule has 154 valence electrons. The molecule has 5 rings (SSSR count). The van der Waals surface area contributed by atoms with Gasteiger partial charge in [0.25, 0.3) is 0 Å². The second-order valence-electron chi connectivity index (χ2n) is 6.62. The van der Waals surface area contributed by atoms with Crippen LogP contribution in [0.1, 0.15) is 27.0 Å². The first-order valence-electron chi connectivity index (χ1n) is 8.50. The zero-order chi connectivity index (χ0) is 20.4. The normalized spacial score (nSPS) is 20.0. The lowest BCUT2D eigenvalue weighted by Gasteiger charge is -2.36. The fourth-order valence-electron chi connectivity index (χ4n) is 3.84. The SMILES string of the molecule is O=C1OC2(c3ccc(O)cc3Oc3cc(OP(=O)([O-])O)ccc32)c2ccccc21.[NH4+]. The highest BCUT2D eigenvalue weighted by Crippen LogP contribution is 2.57. The van der Waals surface area contributed by atoms with Gasteiger partial charge in [-0.15, -0.1) is 0 Å². The maximum atomic E-state index is 12.6. The lowest BCUT2D eigenvalue weighted by Crippen LogP contribution is -2.32. The summed E-state index contributed by atoms with van der Waals surface area (Å²) in [6, 6.07) is 15.4. The van der Waals surface area contributed by atoms with Crippen molar-refractivity contribution >= 4 is 13.8 Å². The largest absolute Gasteiger partial charge is 0.746 e. The summed E-state index contributed by atoms with van der Waals surface area (Å²) in [6.07, 6.45) is 0. The lowest BCUT2D eigenvalue weighted by atomic mass is 9.77. The van der Waals surface area contributed by atoms with Gasteiger partial charge in [0.15, 0.2) is 5.60 Å². The average Bonchev–Trinajstić information content (AvgIpc) is 2.94. The molecule has 3 aromatic rings. The fourth-order valence-corrected chi connectivity index (χ4v) is 4.22. The van der Waals surface area contributed by atoms with E-state index in [2.05, 4.69) is 4.52 Å². The van der Waals surface area contributed by atoms with Crippen LogP contribution >= 0.6 is 7.82 Å². The third-order valence-electron chi connectivity index (χ3n) is 4.89. The molecule has 2 unspecified atom stereocenters. The minimum atomic E-state index is -5.03. The van der Waals surface area contributed by atoms with Gasteiger partial charge in [0, 0.05) is 28.8 Å². The summed E-state index contributed by atoms with van der Waals surface area (Å²) in [6.45, 7) is 0. The van der Waals surface area contributed by atoms with Crippen molar-refractivity contribution in [2.24, 2.45) is 0 Å². The van der Waals surface area contributed by atoms with Gasteiger partial charge in [-0.25, -0.2) is 4.79 Å². The van der Waals surface area contributed by atoms with Crippen LogP contribution in [-0.2, 0) is 14.9 Å². The van der Waals surface area contributed by atoms with Crippen LogP contribution in [0.15, 0.2) is 60.7 Å². The maximum Gasteiger partial charge on any atom is 0.340 e. The quantitative estimate of drug-likeness (QED) is 0.413. The topological polar surface area (TPSA) is 162 Å². The number of esters is 1. The lowest BCUT2D eigenvalue weighted by molar-refractivity contribution is -0.211. The van der Waals surface area contributed by atoms with E-state index in [9.17, 15) is 19.4 Å². The van der Waals surface area contributed by atoms with Gasteiger partial charge >= 0.3 is 13.8 Å². The molecule has 0 saturated heterocycles. The number of rotatable bonds is 2. The van der Waals surface area contributed by atoms with Gasteiger partial charge < -0.3 is 35.0 Å². The molecule has 0 aromatic heterocycles. The van der Waals surface area contributed by atoms with E-state index in [0.29, 0.717) is 22.3 Å². The highest BCUT2D eigenvalue weighted by atomic mass is 31.2. The average molecular weight is 429 g/mol. The van der Waals surface area contributed by atoms with Crippen LogP contribution in [0.2, 0.25) is 0 Å². The molecule has 2 atom stereocenters. The number of phosphoric acid groups is 1. The number of hydrogen-bond acceptors (Lipinski definition) is 7. The van der Waals surface area contributed by atoms with Crippen molar-refractivity contribution in [3.8, 4) is 23.0 Å². The van der Waals surface area contributed by atoms with Crippen LogP contribution in [0.4, 0.5) is 0 Å². The predicted molar refractivity (Wildman–Crippen MR) is 103 cm³/mol. The third kappa shape index (κ3) is 2.84. The summed E-state index contributed by atoms with van der Waals surface area (Å²) >= 11 is 0. The van der Waals surface area contributed by atoms with Crippen LogP contribution in [-0.4, -0.2) is 16.0 Å². The summed E-state index contributed by atoms with van der Waals surface area (Å²) in [5, 5.41) is 9.90. The number of hydrogen-bond donors (Lipinski definition) is 3. The van der Waals surface area contributed by atoms with Gasteiger partial charge in [0.2, 0.25) is 0 Å². The Morgan fingerprint density at radius 3 is 2.37 bits per heavy atom. The summed E-state index contributed by atoms with van der Waals surface area (Å²) in [5.74, 6) is -0.382. The summed E-state index contributed by atoms with van der Waals surface area (Å²) in [5.41, 5.74) is 0.584. The molecular formula is C20H16NO8P. The molecule has 3 aromatic carbocycles. The highest BCUT2D eigenvalue weighted by Gasteiger charge is 2.53. The van der Waals surface area contributed by atoms with Crippen molar-refractivity contribution in [1.82, 2.24) is 6.15 Å². The van der Waals surface area contributed by atoms with Gasteiger partial charge in [-0.1, -0.05) is 18.2 Å². The van der Waals surface area contributed by atoms with Crippen molar-refractivity contribution in [2.45, 2.75) is 5.60 Å². The van der Waals surface area contributed by atoms with Crippen LogP contribution in [0, 0.1) is 0 Å². The van der Waals surface area contributed by atoms with Crippen molar-refractivity contribution < 1.29 is 38.3 Å². The fraction of sp³-hybridized carbons (Fsp3) is 0.0500. The molecule has 0 radical (unpaired) electrons. The predicted octanol–water partition coefficient (Wildman–Crippen LogP) is 3.18. The van der Waals surface area contributed by atoms with E-state index in [-0.39, 0.29) is 29.1 Å². The van der Waals surface area contributed by atoms with Crippen LogP contribution in [0.3, 0.4) is 0 Å². The molecule has 9 nitrogen and oxygen atoms in total. The second kappa shape index (κ2) is 6.58. The highest BCUT2D eigenvalue weighted by molar-refractivity contribution is 7.45. The van der Waals surface area contributed by atoms with Crippen molar-refractivity contribution in [3.05, 3.63) is 82.9 Å². The smallest absolute Gasteiger partial charge is 0.340 e. The van der Waals surface area contributed by atoms with Gasteiger partial charge in [0.1, 0.15) is 23.0 Å². The van der Waals surface area contributed by atoms with Crippen LogP contribution in [0.25, 0.3) is 0 Å². The van der Waals surface area contributed by atoms with E-state index in [1.807, 2.05) is 0 Å². The molecule has 1 spiro atoms. The Labute approximate surface area is 170 Å². The standard InChI is InChI=1S/C20H13O8P.H3N/c21-11-5-7-15-17(9-11)26-18-10-12(28-29(23,24)25)6-8-16(18)20(15)14-4-2-1-3-13(14)19(22)27-20;/h1-10,21H,(H2,23,24,25);1H3. The molecule has 0 saturated carbocycles. The van der Waals surface area contributed by atoms with Crippen LogP contribution < -0.4 is 20.3 Å². The molecule has 2 heterocycles.